The predicted molar refractivity (Wildman–Crippen MR) is 196 cm³/mol. The number of hydrogen-bond acceptors (Lipinski definition) is 6. The van der Waals surface area contributed by atoms with Crippen molar-refractivity contribution in [2.24, 2.45) is 0 Å². The van der Waals surface area contributed by atoms with E-state index in [1.54, 1.807) is 0 Å². The molecule has 0 saturated heterocycles. The number of carbonyl (C=O) groups is 1. The van der Waals surface area contributed by atoms with Gasteiger partial charge in [0.25, 0.3) is 0 Å². The number of unbranched alkanes of at least 4 members (excludes halogenated alkanes) is 13. The number of allylic oxidation sites excluding steroid dienone is 2. The van der Waals surface area contributed by atoms with E-state index >= 15 is 0 Å². The van der Waals surface area contributed by atoms with Crippen molar-refractivity contribution in [1.82, 2.24) is 5.32 Å². The van der Waals surface area contributed by atoms with E-state index in [9.17, 15) is 19.5 Å². The van der Waals surface area contributed by atoms with Gasteiger partial charge in [0.15, 0.2) is 0 Å². The molecule has 1 atom stereocenters. The van der Waals surface area contributed by atoms with Gasteiger partial charge in [0.2, 0.25) is 0 Å². The van der Waals surface area contributed by atoms with Gasteiger partial charge < -0.3 is 0 Å². The van der Waals surface area contributed by atoms with E-state index in [-0.39, 0.29) is 12.5 Å². The van der Waals surface area contributed by atoms with E-state index in [1.807, 2.05) is 24.3 Å². The molecule has 0 heterocycles. The summed E-state index contributed by atoms with van der Waals surface area (Å²) in [7, 11) is -4.69. The molecule has 0 fully saturated rings. The summed E-state index contributed by atoms with van der Waals surface area (Å²) in [5.41, 5.74) is 3.40. The summed E-state index contributed by atoms with van der Waals surface area (Å²) >= 11 is 0. The van der Waals surface area contributed by atoms with Gasteiger partial charge >= 0.3 is 172 Å². The number of amides is 1. The number of rotatable bonds is 28. The van der Waals surface area contributed by atoms with Crippen molar-refractivity contribution in [2.75, 3.05) is 6.61 Å². The summed E-state index contributed by atoms with van der Waals surface area (Å²) in [6.07, 6.45) is 25.9. The van der Waals surface area contributed by atoms with Crippen LogP contribution in [0.2, 0.25) is 0 Å². The Morgan fingerprint density at radius 3 is 1.85 bits per heavy atom. The molecule has 0 aliphatic rings. The molecule has 4 N–H and O–H groups in total. The van der Waals surface area contributed by atoms with Gasteiger partial charge in [-0.25, -0.2) is 0 Å². The summed E-state index contributed by atoms with van der Waals surface area (Å²) in [5.74, 6) is 0.642. The molecule has 8 heteroatoms. The van der Waals surface area contributed by atoms with Gasteiger partial charge in [0, 0.05) is 0 Å². The number of hydrogen-bond donors (Lipinski definition) is 4. The predicted octanol–water partition coefficient (Wildman–Crippen LogP) is 9.47. The second kappa shape index (κ2) is 25.7. The summed E-state index contributed by atoms with van der Waals surface area (Å²) in [4.78, 5) is 40.8. The summed E-state index contributed by atoms with van der Waals surface area (Å²) in [6.45, 7) is 4.76. The van der Waals surface area contributed by atoms with Gasteiger partial charge in [0.05, 0.1) is 0 Å². The summed E-state index contributed by atoms with van der Waals surface area (Å²) in [6, 6.07) is 15.7. The molecule has 0 saturated carbocycles. The monoisotopic (exact) mass is 673 g/mol. The van der Waals surface area contributed by atoms with E-state index in [1.165, 1.54) is 82.6 Å². The Bertz CT molecular complexity index is 1080. The summed E-state index contributed by atoms with van der Waals surface area (Å²) < 4.78 is 10.9. The maximum absolute atomic E-state index is 12.7. The van der Waals surface area contributed by atoms with Gasteiger partial charge in [0.1, 0.15) is 0 Å². The minimum atomic E-state index is -4.69. The molecule has 1 amide bonds. The Kier molecular flexibility index (Phi) is 22.4. The van der Waals surface area contributed by atoms with Crippen LogP contribution in [0.25, 0.3) is 0 Å². The van der Waals surface area contributed by atoms with Crippen molar-refractivity contribution in [3.63, 3.8) is 0 Å². The number of nitrogens with one attached hydrogen (secondary N) is 1. The topological polar surface area (TPSA) is 108 Å². The third-order valence-corrected chi connectivity index (χ3v) is 8.97. The Morgan fingerprint density at radius 1 is 0.702 bits per heavy atom. The second-order valence-electron chi connectivity index (χ2n) is 12.9. The zero-order chi connectivity index (χ0) is 34.0. The fourth-order valence-corrected chi connectivity index (χ4v) is 6.00. The molecule has 0 spiro atoms. The molecule has 0 bridgehead atoms. The SMILES string of the molecule is CCCCCCCC/C=C\CCCCCCCC(=O)N[C@@H](CO[PH](O)(O)O)Cc1ccc(OCc2ccc(CCCCC)cc2)cc1. The molecule has 2 rings (SSSR count). The molecule has 0 radical (unpaired) electrons. The van der Waals surface area contributed by atoms with Crippen molar-refractivity contribution < 1.29 is 28.7 Å². The van der Waals surface area contributed by atoms with Gasteiger partial charge in [-0.3, -0.25) is 0 Å². The van der Waals surface area contributed by atoms with E-state index in [4.69, 9.17) is 9.26 Å². The fourth-order valence-electron chi connectivity index (χ4n) is 5.57. The standard InChI is InChI=1S/C39H64NO6P/c1-3-5-7-8-9-10-11-12-13-14-15-16-17-18-20-22-39(41)40-37(33-46-47(42,43)44)31-35-27-29-38(30-28-35)45-32-36-25-23-34(24-26-36)21-19-6-4-2/h12-13,23-30,37,42-44,47H,3-11,14-22,31-33H2,1-2H3,(H,40,41)/b13-12-/t37-/m1/s1. The van der Waals surface area contributed by atoms with Crippen LogP contribution < -0.4 is 10.1 Å². The van der Waals surface area contributed by atoms with Crippen LogP contribution in [0.15, 0.2) is 60.7 Å². The number of ether oxygens (including phenoxy) is 1. The van der Waals surface area contributed by atoms with Crippen LogP contribution in [0.5, 0.6) is 5.75 Å². The van der Waals surface area contributed by atoms with Crippen LogP contribution in [0.3, 0.4) is 0 Å². The zero-order valence-corrected chi connectivity index (χ0v) is 30.3. The maximum atomic E-state index is 12.7. The molecule has 2 aromatic rings. The third kappa shape index (κ3) is 22.1. The zero-order valence-electron chi connectivity index (χ0n) is 29.3. The van der Waals surface area contributed by atoms with E-state index in [2.05, 4.69) is 55.6 Å². The minimum absolute atomic E-state index is 0.103. The van der Waals surface area contributed by atoms with Crippen molar-refractivity contribution >= 4 is 14.1 Å². The third-order valence-electron chi connectivity index (χ3n) is 8.41. The van der Waals surface area contributed by atoms with E-state index in [0.717, 1.165) is 49.0 Å². The Labute approximate surface area is 285 Å². The average molecular weight is 674 g/mol. The first kappa shape index (κ1) is 40.9. The van der Waals surface area contributed by atoms with E-state index < -0.39 is 14.2 Å². The van der Waals surface area contributed by atoms with E-state index in [0.29, 0.717) is 19.4 Å². The number of benzene rings is 2. The van der Waals surface area contributed by atoms with Crippen molar-refractivity contribution in [2.45, 2.75) is 148 Å². The molecule has 47 heavy (non-hydrogen) atoms. The molecule has 0 aliphatic carbocycles. The van der Waals surface area contributed by atoms with Crippen LogP contribution in [0.1, 0.15) is 140 Å². The molecule has 0 aromatic heterocycles. The van der Waals surface area contributed by atoms with Gasteiger partial charge in [-0.1, -0.05) is 83.1 Å². The van der Waals surface area contributed by atoms with Gasteiger partial charge in [-0.2, -0.15) is 0 Å². The Hall–Kier alpha value is -2.28. The van der Waals surface area contributed by atoms with Crippen molar-refractivity contribution in [1.29, 1.82) is 0 Å². The summed E-state index contributed by atoms with van der Waals surface area (Å²) in [5, 5.41) is 2.95. The molecule has 266 valence electrons. The molecular formula is C39H64NO6P. The fraction of sp³-hybridized carbons (Fsp3) is 0.615. The molecule has 7 nitrogen and oxygen atoms in total. The first-order valence-corrected chi connectivity index (χ1v) is 20.1. The van der Waals surface area contributed by atoms with Crippen LogP contribution in [0.4, 0.5) is 0 Å². The molecule has 0 aliphatic heterocycles. The first-order chi connectivity index (χ1) is 22.8. The van der Waals surface area contributed by atoms with Crippen molar-refractivity contribution in [3.05, 3.63) is 77.4 Å². The molecule has 2 aromatic carbocycles. The van der Waals surface area contributed by atoms with Crippen LogP contribution in [-0.2, 0) is 28.8 Å². The van der Waals surface area contributed by atoms with Crippen LogP contribution in [0, 0.1) is 0 Å². The normalized spacial score (nSPS) is 12.8. The molecule has 0 unspecified atom stereocenters. The molecular weight excluding hydrogens is 609 g/mol. The van der Waals surface area contributed by atoms with Crippen molar-refractivity contribution in [3.8, 4) is 5.75 Å². The quantitative estimate of drug-likeness (QED) is 0.0407. The number of carbonyl (C=O) groups excluding carboxylic acids is 1. The first-order valence-electron chi connectivity index (χ1n) is 18.3. The second-order valence-corrected chi connectivity index (χ2v) is 14.3. The van der Waals surface area contributed by atoms with Gasteiger partial charge in [-0.05, 0) is 31.2 Å². The number of aryl methyl sites for hydroxylation is 1. The average Bonchev–Trinajstić information content (AvgIpc) is 3.05. The van der Waals surface area contributed by atoms with Crippen LogP contribution in [-0.4, -0.2) is 33.2 Å². The Balaban J connectivity index is 1.67. The van der Waals surface area contributed by atoms with Crippen LogP contribution >= 0.6 is 8.17 Å². The van der Waals surface area contributed by atoms with Gasteiger partial charge in [-0.15, -0.1) is 0 Å². The Morgan fingerprint density at radius 2 is 1.23 bits per heavy atom.